The van der Waals surface area contributed by atoms with Crippen molar-refractivity contribution in [1.82, 2.24) is 10.2 Å². The normalized spacial score (nSPS) is 36.0. The molecule has 0 radical (unpaired) electrons. The molecule has 2 fully saturated rings. The van der Waals surface area contributed by atoms with Crippen LogP contribution in [-0.4, -0.2) is 50.3 Å². The molecule has 0 aromatic heterocycles. The lowest BCUT2D eigenvalue weighted by Crippen LogP contribution is -2.41. The molecular formula is C14H28N2O. The first kappa shape index (κ1) is 13.3. The van der Waals surface area contributed by atoms with Gasteiger partial charge in [0.15, 0.2) is 0 Å². The molecule has 2 rings (SSSR count). The van der Waals surface area contributed by atoms with Crippen molar-refractivity contribution >= 4 is 0 Å². The molecule has 100 valence electrons. The number of hydrogen-bond donors (Lipinski definition) is 1. The monoisotopic (exact) mass is 240 g/mol. The van der Waals surface area contributed by atoms with Crippen LogP contribution in [0.15, 0.2) is 0 Å². The van der Waals surface area contributed by atoms with Gasteiger partial charge in [-0.05, 0) is 38.1 Å². The highest BCUT2D eigenvalue weighted by atomic mass is 16.5. The summed E-state index contributed by atoms with van der Waals surface area (Å²) < 4.78 is 5.73. The Kier molecular flexibility index (Phi) is 4.83. The molecular weight excluding hydrogens is 212 g/mol. The lowest BCUT2D eigenvalue weighted by atomic mass is 9.82. The largest absolute Gasteiger partial charge is 0.377 e. The molecule has 2 saturated heterocycles. The van der Waals surface area contributed by atoms with Gasteiger partial charge in [0.25, 0.3) is 0 Å². The molecule has 0 amide bonds. The zero-order valence-electron chi connectivity index (χ0n) is 11.5. The standard InChI is InChI=1S/C14H28N2O/c1-3-5-14(6-7-15-11-14)12-16-8-4-9-17-13(2)10-16/h13,15H,3-12H2,1-2H3. The molecule has 3 heteroatoms. The molecule has 0 spiro atoms. The van der Waals surface area contributed by atoms with Crippen molar-refractivity contribution in [3.63, 3.8) is 0 Å². The van der Waals surface area contributed by atoms with E-state index < -0.39 is 0 Å². The molecule has 2 unspecified atom stereocenters. The van der Waals surface area contributed by atoms with E-state index >= 15 is 0 Å². The van der Waals surface area contributed by atoms with E-state index in [1.165, 1.54) is 51.9 Å². The van der Waals surface area contributed by atoms with Gasteiger partial charge in [-0.2, -0.15) is 0 Å². The Hall–Kier alpha value is -0.120. The summed E-state index contributed by atoms with van der Waals surface area (Å²) in [5, 5.41) is 3.56. The summed E-state index contributed by atoms with van der Waals surface area (Å²) in [6.07, 6.45) is 5.63. The molecule has 2 atom stereocenters. The Morgan fingerprint density at radius 2 is 2.35 bits per heavy atom. The van der Waals surface area contributed by atoms with Gasteiger partial charge in [-0.25, -0.2) is 0 Å². The molecule has 1 N–H and O–H groups in total. The first-order chi connectivity index (χ1) is 8.24. The molecule has 2 heterocycles. The lowest BCUT2D eigenvalue weighted by Gasteiger charge is -2.34. The van der Waals surface area contributed by atoms with Crippen molar-refractivity contribution in [2.24, 2.45) is 5.41 Å². The smallest absolute Gasteiger partial charge is 0.0673 e. The van der Waals surface area contributed by atoms with Gasteiger partial charge in [-0.3, -0.25) is 0 Å². The zero-order chi connectivity index (χ0) is 12.1. The molecule has 0 aliphatic carbocycles. The molecule has 0 bridgehead atoms. The second kappa shape index (κ2) is 6.17. The number of ether oxygens (including phenoxy) is 1. The summed E-state index contributed by atoms with van der Waals surface area (Å²) in [7, 11) is 0. The average Bonchev–Trinajstić information content (AvgIpc) is 2.63. The minimum atomic E-state index is 0.408. The predicted octanol–water partition coefficient (Wildman–Crippen LogP) is 1.88. The highest BCUT2D eigenvalue weighted by molar-refractivity contribution is 4.90. The van der Waals surface area contributed by atoms with Crippen LogP contribution in [0.25, 0.3) is 0 Å². The van der Waals surface area contributed by atoms with Crippen molar-refractivity contribution in [3.05, 3.63) is 0 Å². The first-order valence-corrected chi connectivity index (χ1v) is 7.29. The van der Waals surface area contributed by atoms with Crippen molar-refractivity contribution in [2.45, 2.75) is 45.6 Å². The molecule has 2 aliphatic rings. The van der Waals surface area contributed by atoms with E-state index in [1.54, 1.807) is 0 Å². The summed E-state index contributed by atoms with van der Waals surface area (Å²) >= 11 is 0. The number of nitrogens with zero attached hydrogens (tertiary/aromatic N) is 1. The highest BCUT2D eigenvalue weighted by Gasteiger charge is 2.35. The summed E-state index contributed by atoms with van der Waals surface area (Å²) in [6.45, 7) is 11.5. The second-order valence-corrected chi connectivity index (χ2v) is 5.95. The van der Waals surface area contributed by atoms with Gasteiger partial charge >= 0.3 is 0 Å². The van der Waals surface area contributed by atoms with Crippen LogP contribution >= 0.6 is 0 Å². The van der Waals surface area contributed by atoms with E-state index in [0.29, 0.717) is 11.5 Å². The first-order valence-electron chi connectivity index (χ1n) is 7.29. The van der Waals surface area contributed by atoms with Gasteiger partial charge in [0.2, 0.25) is 0 Å². The summed E-state index contributed by atoms with van der Waals surface area (Å²) in [4.78, 5) is 2.64. The minimum Gasteiger partial charge on any atom is -0.377 e. The van der Waals surface area contributed by atoms with Crippen LogP contribution in [0.1, 0.15) is 39.5 Å². The van der Waals surface area contributed by atoms with Crippen LogP contribution in [-0.2, 0) is 4.74 Å². The Labute approximate surface area is 106 Å². The van der Waals surface area contributed by atoms with Gasteiger partial charge in [0.05, 0.1) is 6.10 Å². The average molecular weight is 240 g/mol. The van der Waals surface area contributed by atoms with Crippen LogP contribution in [0.4, 0.5) is 0 Å². The minimum absolute atomic E-state index is 0.408. The number of hydrogen-bond acceptors (Lipinski definition) is 3. The van der Waals surface area contributed by atoms with Crippen LogP contribution < -0.4 is 5.32 Å². The van der Waals surface area contributed by atoms with E-state index in [2.05, 4.69) is 24.1 Å². The van der Waals surface area contributed by atoms with E-state index in [9.17, 15) is 0 Å². The van der Waals surface area contributed by atoms with Gasteiger partial charge in [-0.1, -0.05) is 13.3 Å². The fraction of sp³-hybridized carbons (Fsp3) is 1.00. The van der Waals surface area contributed by atoms with E-state index in [4.69, 9.17) is 4.74 Å². The Morgan fingerprint density at radius 1 is 1.47 bits per heavy atom. The quantitative estimate of drug-likeness (QED) is 0.812. The SMILES string of the molecule is CCCC1(CN2CCCOC(C)C2)CCNC1. The molecule has 0 saturated carbocycles. The third-order valence-corrected chi connectivity index (χ3v) is 4.21. The lowest BCUT2D eigenvalue weighted by molar-refractivity contribution is 0.0594. The number of nitrogens with one attached hydrogen (secondary N) is 1. The third kappa shape index (κ3) is 3.67. The zero-order valence-corrected chi connectivity index (χ0v) is 11.5. The molecule has 17 heavy (non-hydrogen) atoms. The fourth-order valence-corrected chi connectivity index (χ4v) is 3.45. The van der Waals surface area contributed by atoms with Crippen LogP contribution in [0.5, 0.6) is 0 Å². The summed E-state index contributed by atoms with van der Waals surface area (Å²) in [5.41, 5.74) is 0.540. The van der Waals surface area contributed by atoms with Gasteiger partial charge < -0.3 is 15.0 Å². The van der Waals surface area contributed by atoms with Crippen molar-refractivity contribution in [2.75, 3.05) is 39.3 Å². The third-order valence-electron chi connectivity index (χ3n) is 4.21. The van der Waals surface area contributed by atoms with E-state index in [-0.39, 0.29) is 0 Å². The van der Waals surface area contributed by atoms with Crippen molar-refractivity contribution in [1.29, 1.82) is 0 Å². The van der Waals surface area contributed by atoms with Crippen molar-refractivity contribution < 1.29 is 4.74 Å². The van der Waals surface area contributed by atoms with Gasteiger partial charge in [0, 0.05) is 32.8 Å². The number of rotatable bonds is 4. The Morgan fingerprint density at radius 3 is 3.06 bits per heavy atom. The van der Waals surface area contributed by atoms with Gasteiger partial charge in [0.1, 0.15) is 0 Å². The van der Waals surface area contributed by atoms with Crippen molar-refractivity contribution in [3.8, 4) is 0 Å². The maximum absolute atomic E-state index is 5.73. The molecule has 0 aromatic carbocycles. The fourth-order valence-electron chi connectivity index (χ4n) is 3.45. The Balaban J connectivity index is 1.92. The summed E-state index contributed by atoms with van der Waals surface area (Å²) in [6, 6.07) is 0. The maximum Gasteiger partial charge on any atom is 0.0673 e. The van der Waals surface area contributed by atoms with Crippen LogP contribution in [0.2, 0.25) is 0 Å². The molecule has 3 nitrogen and oxygen atoms in total. The second-order valence-electron chi connectivity index (χ2n) is 5.95. The van der Waals surface area contributed by atoms with E-state index in [0.717, 1.165) is 13.2 Å². The highest BCUT2D eigenvalue weighted by Crippen LogP contribution is 2.32. The van der Waals surface area contributed by atoms with Crippen LogP contribution in [0, 0.1) is 5.41 Å². The Bertz CT molecular complexity index is 226. The molecule has 0 aromatic rings. The van der Waals surface area contributed by atoms with E-state index in [1.807, 2.05) is 0 Å². The molecule has 2 aliphatic heterocycles. The van der Waals surface area contributed by atoms with Crippen LogP contribution in [0.3, 0.4) is 0 Å². The van der Waals surface area contributed by atoms with Gasteiger partial charge in [-0.15, -0.1) is 0 Å². The maximum atomic E-state index is 5.73. The summed E-state index contributed by atoms with van der Waals surface area (Å²) in [5.74, 6) is 0. The predicted molar refractivity (Wildman–Crippen MR) is 71.3 cm³/mol. The topological polar surface area (TPSA) is 24.5 Å².